The van der Waals surface area contributed by atoms with E-state index in [0.717, 1.165) is 20.1 Å². The monoisotopic (exact) mass is 298 g/mol. The summed E-state index contributed by atoms with van der Waals surface area (Å²) in [5, 5.41) is 8.74. The van der Waals surface area contributed by atoms with Crippen LogP contribution >= 0.6 is 27.7 Å². The topological polar surface area (TPSA) is 56.7 Å². The van der Waals surface area contributed by atoms with Crippen LogP contribution in [0.2, 0.25) is 0 Å². The van der Waals surface area contributed by atoms with Crippen LogP contribution in [-0.4, -0.2) is 14.8 Å². The van der Waals surface area contributed by atoms with Crippen molar-refractivity contribution in [3.05, 3.63) is 34.6 Å². The standard InChI is InChI=1S/C10H11BrN4S/c1-15-6-13-14-10(15)16-9-4-2-3-8(11)7(9)5-12/h2-4,6H,5,12H2,1H3. The van der Waals surface area contributed by atoms with Gasteiger partial charge in [0.2, 0.25) is 0 Å². The average Bonchev–Trinajstić information content (AvgIpc) is 2.65. The summed E-state index contributed by atoms with van der Waals surface area (Å²) >= 11 is 5.06. The third-order valence-corrected chi connectivity index (χ3v) is 4.05. The number of benzene rings is 1. The lowest BCUT2D eigenvalue weighted by Crippen LogP contribution is -2.00. The number of hydrogen-bond acceptors (Lipinski definition) is 4. The van der Waals surface area contributed by atoms with Gasteiger partial charge in [0.15, 0.2) is 5.16 Å². The van der Waals surface area contributed by atoms with Gasteiger partial charge in [0.25, 0.3) is 0 Å². The molecule has 0 bridgehead atoms. The molecule has 0 unspecified atom stereocenters. The van der Waals surface area contributed by atoms with Crippen LogP contribution in [0.5, 0.6) is 0 Å². The fourth-order valence-electron chi connectivity index (χ4n) is 1.30. The van der Waals surface area contributed by atoms with Crippen LogP contribution in [0.4, 0.5) is 0 Å². The van der Waals surface area contributed by atoms with Gasteiger partial charge >= 0.3 is 0 Å². The summed E-state index contributed by atoms with van der Waals surface area (Å²) in [6, 6.07) is 6.01. The maximum absolute atomic E-state index is 5.73. The Kier molecular flexibility index (Phi) is 3.63. The molecule has 0 saturated carbocycles. The maximum atomic E-state index is 5.73. The van der Waals surface area contributed by atoms with Gasteiger partial charge in [-0.25, -0.2) is 0 Å². The van der Waals surface area contributed by atoms with Crippen LogP contribution in [0, 0.1) is 0 Å². The molecule has 0 amide bonds. The lowest BCUT2D eigenvalue weighted by atomic mass is 10.2. The Hall–Kier alpha value is -0.850. The van der Waals surface area contributed by atoms with Gasteiger partial charge in [-0.15, -0.1) is 10.2 Å². The first-order valence-electron chi connectivity index (χ1n) is 4.71. The lowest BCUT2D eigenvalue weighted by molar-refractivity contribution is 0.788. The van der Waals surface area contributed by atoms with Crippen LogP contribution in [0.15, 0.2) is 39.1 Å². The average molecular weight is 299 g/mol. The Labute approximate surface area is 106 Å². The van der Waals surface area contributed by atoms with E-state index in [1.807, 2.05) is 29.8 Å². The van der Waals surface area contributed by atoms with Crippen molar-refractivity contribution in [1.82, 2.24) is 14.8 Å². The number of hydrogen-bond donors (Lipinski definition) is 1. The molecular weight excluding hydrogens is 288 g/mol. The molecule has 0 radical (unpaired) electrons. The van der Waals surface area contributed by atoms with E-state index in [1.54, 1.807) is 18.1 Å². The van der Waals surface area contributed by atoms with Crippen molar-refractivity contribution in [2.45, 2.75) is 16.6 Å². The molecule has 0 aliphatic carbocycles. The van der Waals surface area contributed by atoms with Gasteiger partial charge in [-0.05, 0) is 29.5 Å². The highest BCUT2D eigenvalue weighted by molar-refractivity contribution is 9.10. The van der Waals surface area contributed by atoms with Crippen LogP contribution in [0.25, 0.3) is 0 Å². The quantitative estimate of drug-likeness (QED) is 0.944. The van der Waals surface area contributed by atoms with Crippen LogP contribution < -0.4 is 5.73 Å². The van der Waals surface area contributed by atoms with Crippen molar-refractivity contribution in [3.8, 4) is 0 Å². The normalized spacial score (nSPS) is 10.7. The molecule has 2 aromatic rings. The molecule has 0 atom stereocenters. The molecule has 4 nitrogen and oxygen atoms in total. The van der Waals surface area contributed by atoms with Gasteiger partial charge in [0, 0.05) is 23.0 Å². The minimum atomic E-state index is 0.502. The number of halogens is 1. The van der Waals surface area contributed by atoms with Crippen molar-refractivity contribution < 1.29 is 0 Å². The molecule has 1 aromatic heterocycles. The highest BCUT2D eigenvalue weighted by Gasteiger charge is 2.09. The van der Waals surface area contributed by atoms with Gasteiger partial charge in [0.1, 0.15) is 6.33 Å². The number of nitrogens with two attached hydrogens (primary N) is 1. The summed E-state index contributed by atoms with van der Waals surface area (Å²) in [6.45, 7) is 0.502. The lowest BCUT2D eigenvalue weighted by Gasteiger charge is -2.08. The molecule has 0 fully saturated rings. The Morgan fingerprint density at radius 3 is 2.94 bits per heavy atom. The predicted molar refractivity (Wildman–Crippen MR) is 67.2 cm³/mol. The molecule has 0 aliphatic rings. The van der Waals surface area contributed by atoms with E-state index in [4.69, 9.17) is 5.73 Å². The molecule has 0 saturated heterocycles. The predicted octanol–water partition coefficient (Wildman–Crippen LogP) is 2.19. The van der Waals surface area contributed by atoms with E-state index in [0.29, 0.717) is 6.54 Å². The van der Waals surface area contributed by atoms with Gasteiger partial charge in [-0.2, -0.15) is 0 Å². The first-order chi connectivity index (χ1) is 7.72. The SMILES string of the molecule is Cn1cnnc1Sc1cccc(Br)c1CN. The zero-order valence-electron chi connectivity index (χ0n) is 8.72. The van der Waals surface area contributed by atoms with Gasteiger partial charge in [0.05, 0.1) is 0 Å². The second kappa shape index (κ2) is 4.99. The molecule has 16 heavy (non-hydrogen) atoms. The molecular formula is C10H11BrN4S. The summed E-state index contributed by atoms with van der Waals surface area (Å²) in [6.07, 6.45) is 1.68. The Balaban J connectivity index is 2.35. The van der Waals surface area contributed by atoms with E-state index >= 15 is 0 Å². The number of aromatic nitrogens is 3. The molecule has 2 N–H and O–H groups in total. The van der Waals surface area contributed by atoms with Gasteiger partial charge in [-0.3, -0.25) is 0 Å². The van der Waals surface area contributed by atoms with E-state index in [9.17, 15) is 0 Å². The van der Waals surface area contributed by atoms with E-state index in [2.05, 4.69) is 26.1 Å². The maximum Gasteiger partial charge on any atom is 0.195 e. The zero-order valence-corrected chi connectivity index (χ0v) is 11.1. The molecule has 2 rings (SSSR count). The third-order valence-electron chi connectivity index (χ3n) is 2.15. The molecule has 0 spiro atoms. The largest absolute Gasteiger partial charge is 0.326 e. The Morgan fingerprint density at radius 2 is 2.31 bits per heavy atom. The second-order valence-corrected chi connectivity index (χ2v) is 5.11. The molecule has 84 valence electrons. The minimum absolute atomic E-state index is 0.502. The van der Waals surface area contributed by atoms with Crippen molar-refractivity contribution in [2.24, 2.45) is 12.8 Å². The first kappa shape index (κ1) is 11.6. The molecule has 0 aliphatic heterocycles. The van der Waals surface area contributed by atoms with Crippen molar-refractivity contribution in [2.75, 3.05) is 0 Å². The highest BCUT2D eigenvalue weighted by atomic mass is 79.9. The van der Waals surface area contributed by atoms with Gasteiger partial charge in [-0.1, -0.05) is 22.0 Å². The zero-order chi connectivity index (χ0) is 11.5. The summed E-state index contributed by atoms with van der Waals surface area (Å²) in [5.41, 5.74) is 6.83. The number of nitrogens with zero attached hydrogens (tertiary/aromatic N) is 3. The smallest absolute Gasteiger partial charge is 0.195 e. The van der Waals surface area contributed by atoms with Crippen LogP contribution in [-0.2, 0) is 13.6 Å². The fraction of sp³-hybridized carbons (Fsp3) is 0.200. The Morgan fingerprint density at radius 1 is 1.50 bits per heavy atom. The Bertz CT molecular complexity index is 497. The first-order valence-corrected chi connectivity index (χ1v) is 6.32. The highest BCUT2D eigenvalue weighted by Crippen LogP contribution is 2.32. The summed E-state index contributed by atoms with van der Waals surface area (Å²) in [4.78, 5) is 1.10. The summed E-state index contributed by atoms with van der Waals surface area (Å²) in [7, 11) is 1.92. The number of aryl methyl sites for hydroxylation is 1. The third kappa shape index (κ3) is 2.28. The minimum Gasteiger partial charge on any atom is -0.326 e. The van der Waals surface area contributed by atoms with Crippen LogP contribution in [0.3, 0.4) is 0 Å². The molecule has 6 heteroatoms. The van der Waals surface area contributed by atoms with Crippen LogP contribution in [0.1, 0.15) is 5.56 Å². The van der Waals surface area contributed by atoms with E-state index in [1.165, 1.54) is 0 Å². The van der Waals surface area contributed by atoms with Crippen molar-refractivity contribution in [1.29, 1.82) is 0 Å². The molecule has 1 heterocycles. The van der Waals surface area contributed by atoms with Gasteiger partial charge < -0.3 is 10.3 Å². The van der Waals surface area contributed by atoms with E-state index < -0.39 is 0 Å². The van der Waals surface area contributed by atoms with Crippen molar-refractivity contribution >= 4 is 27.7 Å². The number of rotatable bonds is 3. The summed E-state index contributed by atoms with van der Waals surface area (Å²) < 4.78 is 2.91. The second-order valence-electron chi connectivity index (χ2n) is 3.25. The van der Waals surface area contributed by atoms with E-state index in [-0.39, 0.29) is 0 Å². The molecule has 1 aromatic carbocycles. The van der Waals surface area contributed by atoms with Crippen molar-refractivity contribution in [3.63, 3.8) is 0 Å². The fourth-order valence-corrected chi connectivity index (χ4v) is 2.89. The summed E-state index contributed by atoms with van der Waals surface area (Å²) in [5.74, 6) is 0.